The van der Waals surface area contributed by atoms with Crippen molar-refractivity contribution in [2.75, 3.05) is 40.0 Å². The number of rotatable bonds is 7. The number of hydrogen-bond donors (Lipinski definition) is 1. The molecule has 1 aromatic rings. The van der Waals surface area contributed by atoms with Gasteiger partial charge in [-0.05, 0) is 19.9 Å². The number of nitrogens with one attached hydrogen (secondary N) is 1. The molecule has 0 spiro atoms. The summed E-state index contributed by atoms with van der Waals surface area (Å²) in [6, 6.07) is 1.93. The average molecular weight is 324 g/mol. The Labute approximate surface area is 135 Å². The van der Waals surface area contributed by atoms with Crippen LogP contribution >= 0.6 is 0 Å². The summed E-state index contributed by atoms with van der Waals surface area (Å²) in [6.45, 7) is 5.88. The molecule has 1 unspecified atom stereocenters. The van der Waals surface area contributed by atoms with Gasteiger partial charge in [0.2, 0.25) is 11.8 Å². The highest BCUT2D eigenvalue weighted by Gasteiger charge is 2.26. The van der Waals surface area contributed by atoms with Crippen LogP contribution in [0, 0.1) is 13.8 Å². The van der Waals surface area contributed by atoms with Crippen molar-refractivity contribution in [1.82, 2.24) is 20.0 Å². The number of aryl methyl sites for hydroxylation is 2. The van der Waals surface area contributed by atoms with E-state index in [4.69, 9.17) is 9.47 Å². The van der Waals surface area contributed by atoms with Gasteiger partial charge >= 0.3 is 0 Å². The summed E-state index contributed by atoms with van der Waals surface area (Å²) in [7, 11) is 1.60. The first-order valence-corrected chi connectivity index (χ1v) is 7.65. The SMILES string of the molecule is COCCN1CC(CNC(=O)Cn2nc(C)cc2C)OCC1=O. The molecule has 0 saturated carbocycles. The second kappa shape index (κ2) is 8.07. The van der Waals surface area contributed by atoms with Crippen molar-refractivity contribution in [1.29, 1.82) is 0 Å². The van der Waals surface area contributed by atoms with Crippen LogP contribution in [0.1, 0.15) is 11.4 Å². The number of morpholine rings is 1. The molecule has 8 nitrogen and oxygen atoms in total. The van der Waals surface area contributed by atoms with Crippen LogP contribution in [-0.4, -0.2) is 72.6 Å². The highest BCUT2D eigenvalue weighted by atomic mass is 16.5. The van der Waals surface area contributed by atoms with Crippen LogP contribution < -0.4 is 5.32 Å². The smallest absolute Gasteiger partial charge is 0.248 e. The van der Waals surface area contributed by atoms with E-state index in [-0.39, 0.29) is 31.1 Å². The summed E-state index contributed by atoms with van der Waals surface area (Å²) < 4.78 is 12.1. The zero-order chi connectivity index (χ0) is 16.8. The Morgan fingerprint density at radius 2 is 2.30 bits per heavy atom. The third-order valence-electron chi connectivity index (χ3n) is 3.71. The molecule has 0 bridgehead atoms. The number of ether oxygens (including phenoxy) is 2. The van der Waals surface area contributed by atoms with Crippen LogP contribution in [-0.2, 0) is 25.6 Å². The minimum Gasteiger partial charge on any atom is -0.383 e. The van der Waals surface area contributed by atoms with Crippen molar-refractivity contribution in [2.24, 2.45) is 0 Å². The minimum absolute atomic E-state index is 0.0434. The lowest BCUT2D eigenvalue weighted by Gasteiger charge is -2.32. The molecular formula is C15H24N4O4. The number of carbonyl (C=O) groups is 2. The number of aromatic nitrogens is 2. The molecule has 1 aliphatic rings. The van der Waals surface area contributed by atoms with Gasteiger partial charge in [0, 0.05) is 32.4 Å². The van der Waals surface area contributed by atoms with Gasteiger partial charge in [-0.25, -0.2) is 0 Å². The first kappa shape index (κ1) is 17.4. The van der Waals surface area contributed by atoms with Gasteiger partial charge in [0.05, 0.1) is 18.4 Å². The largest absolute Gasteiger partial charge is 0.383 e. The monoisotopic (exact) mass is 324 g/mol. The molecule has 1 aromatic heterocycles. The van der Waals surface area contributed by atoms with E-state index in [1.54, 1.807) is 16.7 Å². The van der Waals surface area contributed by atoms with Crippen LogP contribution in [0.3, 0.4) is 0 Å². The lowest BCUT2D eigenvalue weighted by atomic mass is 10.2. The molecule has 0 aliphatic carbocycles. The third-order valence-corrected chi connectivity index (χ3v) is 3.71. The molecule has 128 valence electrons. The predicted octanol–water partition coefficient (Wildman–Crippen LogP) is -0.510. The first-order chi connectivity index (χ1) is 11.0. The lowest BCUT2D eigenvalue weighted by molar-refractivity contribution is -0.149. The summed E-state index contributed by atoms with van der Waals surface area (Å²) in [5.74, 6) is -0.174. The summed E-state index contributed by atoms with van der Waals surface area (Å²) in [5, 5.41) is 7.09. The topological polar surface area (TPSA) is 85.7 Å². The van der Waals surface area contributed by atoms with Crippen molar-refractivity contribution in [3.63, 3.8) is 0 Å². The van der Waals surface area contributed by atoms with E-state index in [0.29, 0.717) is 26.2 Å². The van der Waals surface area contributed by atoms with Crippen LogP contribution in [0.5, 0.6) is 0 Å². The van der Waals surface area contributed by atoms with Gasteiger partial charge in [-0.3, -0.25) is 14.3 Å². The molecule has 1 saturated heterocycles. The van der Waals surface area contributed by atoms with Gasteiger partial charge in [-0.2, -0.15) is 5.10 Å². The van der Waals surface area contributed by atoms with E-state index in [2.05, 4.69) is 10.4 Å². The van der Waals surface area contributed by atoms with E-state index in [0.717, 1.165) is 11.4 Å². The zero-order valence-corrected chi connectivity index (χ0v) is 13.9. The quantitative estimate of drug-likeness (QED) is 0.730. The van der Waals surface area contributed by atoms with Crippen LogP contribution in [0.15, 0.2) is 6.07 Å². The number of methoxy groups -OCH3 is 1. The summed E-state index contributed by atoms with van der Waals surface area (Å²) in [6.07, 6.45) is -0.200. The maximum Gasteiger partial charge on any atom is 0.248 e. The standard InChI is InChI=1S/C15H24N4O4/c1-11-6-12(2)19(17-11)9-14(20)16-7-13-8-18(4-5-22-3)15(21)10-23-13/h6,13H,4-5,7-10H2,1-3H3,(H,16,20). The Hall–Kier alpha value is -1.93. The Morgan fingerprint density at radius 3 is 2.96 bits per heavy atom. The van der Waals surface area contributed by atoms with Crippen LogP contribution in [0.2, 0.25) is 0 Å². The van der Waals surface area contributed by atoms with Crippen molar-refractivity contribution < 1.29 is 19.1 Å². The molecule has 1 atom stereocenters. The second-order valence-corrected chi connectivity index (χ2v) is 5.65. The molecule has 2 heterocycles. The maximum atomic E-state index is 12.0. The fourth-order valence-corrected chi connectivity index (χ4v) is 2.48. The summed E-state index contributed by atoms with van der Waals surface area (Å²) in [5.41, 5.74) is 1.83. The number of carbonyl (C=O) groups excluding carboxylic acids is 2. The van der Waals surface area contributed by atoms with E-state index in [1.807, 2.05) is 19.9 Å². The molecule has 8 heteroatoms. The van der Waals surface area contributed by atoms with Crippen LogP contribution in [0.25, 0.3) is 0 Å². The second-order valence-electron chi connectivity index (χ2n) is 5.65. The predicted molar refractivity (Wildman–Crippen MR) is 82.9 cm³/mol. The summed E-state index contributed by atoms with van der Waals surface area (Å²) >= 11 is 0. The third kappa shape index (κ3) is 5.04. The molecule has 2 rings (SSSR count). The Morgan fingerprint density at radius 1 is 1.52 bits per heavy atom. The van der Waals surface area contributed by atoms with E-state index < -0.39 is 0 Å². The Kier molecular flexibility index (Phi) is 6.12. The van der Waals surface area contributed by atoms with Crippen molar-refractivity contribution in [3.05, 3.63) is 17.5 Å². The van der Waals surface area contributed by atoms with Crippen molar-refractivity contribution in [2.45, 2.75) is 26.5 Å². The fraction of sp³-hybridized carbons (Fsp3) is 0.667. The highest BCUT2D eigenvalue weighted by Crippen LogP contribution is 2.06. The Balaban J connectivity index is 1.77. The maximum absolute atomic E-state index is 12.0. The minimum atomic E-state index is -0.200. The lowest BCUT2D eigenvalue weighted by Crippen LogP contribution is -2.51. The number of hydrogen-bond acceptors (Lipinski definition) is 5. The van der Waals surface area contributed by atoms with E-state index >= 15 is 0 Å². The zero-order valence-electron chi connectivity index (χ0n) is 13.9. The molecule has 1 N–H and O–H groups in total. The van der Waals surface area contributed by atoms with E-state index in [1.165, 1.54) is 0 Å². The molecular weight excluding hydrogens is 300 g/mol. The van der Waals surface area contributed by atoms with Gasteiger partial charge in [-0.15, -0.1) is 0 Å². The molecule has 0 radical (unpaired) electrons. The van der Waals surface area contributed by atoms with Gasteiger partial charge in [-0.1, -0.05) is 0 Å². The number of amides is 2. The molecule has 0 aromatic carbocycles. The van der Waals surface area contributed by atoms with Crippen molar-refractivity contribution in [3.8, 4) is 0 Å². The number of nitrogens with zero attached hydrogens (tertiary/aromatic N) is 3. The molecule has 2 amide bonds. The van der Waals surface area contributed by atoms with Gasteiger partial charge in [0.15, 0.2) is 0 Å². The molecule has 23 heavy (non-hydrogen) atoms. The van der Waals surface area contributed by atoms with Gasteiger partial charge < -0.3 is 19.7 Å². The highest BCUT2D eigenvalue weighted by molar-refractivity contribution is 5.78. The molecule has 1 fully saturated rings. The van der Waals surface area contributed by atoms with Crippen LogP contribution in [0.4, 0.5) is 0 Å². The molecule has 1 aliphatic heterocycles. The van der Waals surface area contributed by atoms with E-state index in [9.17, 15) is 9.59 Å². The summed E-state index contributed by atoms with van der Waals surface area (Å²) in [4.78, 5) is 25.4. The average Bonchev–Trinajstić information content (AvgIpc) is 2.82. The van der Waals surface area contributed by atoms with Gasteiger partial charge in [0.25, 0.3) is 0 Å². The first-order valence-electron chi connectivity index (χ1n) is 7.65. The van der Waals surface area contributed by atoms with Crippen molar-refractivity contribution >= 4 is 11.8 Å². The van der Waals surface area contributed by atoms with Gasteiger partial charge in [0.1, 0.15) is 13.2 Å². The normalized spacial score (nSPS) is 18.3. The Bertz CT molecular complexity index is 558. The fourth-order valence-electron chi connectivity index (χ4n) is 2.48.